The molecular weight excluding hydrogens is 336 g/mol. The minimum absolute atomic E-state index is 0.0138. The maximum absolute atomic E-state index is 11.6. The van der Waals surface area contributed by atoms with Gasteiger partial charge in [0.2, 0.25) is 5.89 Å². The van der Waals surface area contributed by atoms with E-state index in [1.165, 1.54) is 28.6 Å². The first-order valence-corrected chi connectivity index (χ1v) is 8.46. The number of ether oxygens (including phenoxy) is 2. The molecule has 1 saturated heterocycles. The highest BCUT2D eigenvalue weighted by Gasteiger charge is 2.32. The quantitative estimate of drug-likeness (QED) is 0.742. The van der Waals surface area contributed by atoms with Crippen molar-refractivity contribution in [2.24, 2.45) is 0 Å². The topological polar surface area (TPSA) is 112 Å². The lowest BCUT2D eigenvalue weighted by Crippen LogP contribution is -2.29. The molecule has 10 heteroatoms. The van der Waals surface area contributed by atoms with E-state index in [-0.39, 0.29) is 6.10 Å². The molecule has 0 radical (unpaired) electrons. The Morgan fingerprint density at radius 1 is 1.42 bits per heavy atom. The van der Waals surface area contributed by atoms with Gasteiger partial charge in [0.25, 0.3) is 10.8 Å². The standard InChI is InChI=1S/C14H18N4O5S/c1-14(2)21-7-9(23-14)8-24-13-17-16-11(22-13)4-6-18-5-3-10(19)15-12(18)20/h3,5,9H,4,6-8H2,1-2H3,(H,15,19,20). The highest BCUT2D eigenvalue weighted by Crippen LogP contribution is 2.26. The fraction of sp³-hybridized carbons (Fsp3) is 0.571. The van der Waals surface area contributed by atoms with Crippen molar-refractivity contribution in [2.45, 2.75) is 43.9 Å². The Bertz CT molecular complexity index is 812. The van der Waals surface area contributed by atoms with Crippen molar-refractivity contribution < 1.29 is 13.9 Å². The minimum atomic E-state index is -0.546. The summed E-state index contributed by atoms with van der Waals surface area (Å²) in [5, 5.41) is 8.37. The highest BCUT2D eigenvalue weighted by atomic mass is 32.2. The van der Waals surface area contributed by atoms with Crippen LogP contribution in [0, 0.1) is 0 Å². The van der Waals surface area contributed by atoms with E-state index in [0.29, 0.717) is 36.4 Å². The summed E-state index contributed by atoms with van der Waals surface area (Å²) in [6.45, 7) is 4.63. The van der Waals surface area contributed by atoms with Crippen LogP contribution < -0.4 is 11.2 Å². The van der Waals surface area contributed by atoms with Gasteiger partial charge in [0.15, 0.2) is 5.79 Å². The van der Waals surface area contributed by atoms with Crippen LogP contribution in [0.25, 0.3) is 0 Å². The van der Waals surface area contributed by atoms with Crippen molar-refractivity contribution in [2.75, 3.05) is 12.4 Å². The summed E-state index contributed by atoms with van der Waals surface area (Å²) in [6, 6.07) is 1.29. The number of aryl methyl sites for hydroxylation is 2. The van der Waals surface area contributed by atoms with Gasteiger partial charge >= 0.3 is 5.69 Å². The van der Waals surface area contributed by atoms with Gasteiger partial charge in [-0.25, -0.2) is 4.79 Å². The first kappa shape index (κ1) is 16.9. The first-order chi connectivity index (χ1) is 11.4. The lowest BCUT2D eigenvalue weighted by atomic mass is 10.4. The number of nitrogens with one attached hydrogen (secondary N) is 1. The third-order valence-corrected chi connectivity index (χ3v) is 4.32. The molecule has 24 heavy (non-hydrogen) atoms. The third-order valence-electron chi connectivity index (χ3n) is 3.37. The molecule has 9 nitrogen and oxygen atoms in total. The van der Waals surface area contributed by atoms with Crippen LogP contribution in [0.5, 0.6) is 0 Å². The SMILES string of the molecule is CC1(C)OCC(CSc2nnc(CCn3ccc(=O)[nH]c3=O)o2)O1. The molecule has 0 spiro atoms. The second kappa shape index (κ2) is 6.91. The van der Waals surface area contributed by atoms with Gasteiger partial charge in [-0.15, -0.1) is 10.2 Å². The smallest absolute Gasteiger partial charge is 0.328 e. The van der Waals surface area contributed by atoms with Gasteiger partial charge in [0.05, 0.1) is 12.7 Å². The number of rotatable bonds is 6. The lowest BCUT2D eigenvalue weighted by Gasteiger charge is -2.16. The average molecular weight is 354 g/mol. The molecule has 1 aliphatic rings. The molecule has 0 aliphatic carbocycles. The van der Waals surface area contributed by atoms with E-state index >= 15 is 0 Å². The van der Waals surface area contributed by atoms with Gasteiger partial charge in [-0.2, -0.15) is 0 Å². The molecule has 3 rings (SSSR count). The largest absolute Gasteiger partial charge is 0.416 e. The Labute approximate surface area is 141 Å². The van der Waals surface area contributed by atoms with Gasteiger partial charge in [-0.1, -0.05) is 11.8 Å². The maximum atomic E-state index is 11.6. The summed E-state index contributed by atoms with van der Waals surface area (Å²) in [6.07, 6.45) is 1.82. The zero-order valence-electron chi connectivity index (χ0n) is 13.4. The minimum Gasteiger partial charge on any atom is -0.416 e. The Kier molecular flexibility index (Phi) is 4.88. The van der Waals surface area contributed by atoms with E-state index < -0.39 is 17.0 Å². The summed E-state index contributed by atoms with van der Waals surface area (Å²) < 4.78 is 18.1. The van der Waals surface area contributed by atoms with E-state index in [1.54, 1.807) is 0 Å². The fourth-order valence-corrected chi connectivity index (χ4v) is 2.99. The van der Waals surface area contributed by atoms with Crippen molar-refractivity contribution in [3.8, 4) is 0 Å². The zero-order chi connectivity index (χ0) is 17.2. The molecule has 0 saturated carbocycles. The normalized spacial score (nSPS) is 19.7. The molecule has 0 aromatic carbocycles. The summed E-state index contributed by atoms with van der Waals surface area (Å²) in [4.78, 5) is 24.8. The predicted octanol–water partition coefficient (Wildman–Crippen LogP) is 0.406. The second-order valence-corrected chi connectivity index (χ2v) is 6.75. The maximum Gasteiger partial charge on any atom is 0.328 e. The summed E-state index contributed by atoms with van der Waals surface area (Å²) in [5.41, 5.74) is -0.883. The van der Waals surface area contributed by atoms with E-state index in [1.807, 2.05) is 13.8 Å². The molecule has 1 unspecified atom stereocenters. The molecule has 1 fully saturated rings. The van der Waals surface area contributed by atoms with E-state index in [9.17, 15) is 9.59 Å². The number of hydrogen-bond donors (Lipinski definition) is 1. The molecule has 2 aromatic heterocycles. The summed E-state index contributed by atoms with van der Waals surface area (Å²) >= 11 is 1.40. The van der Waals surface area contributed by atoms with Crippen LogP contribution >= 0.6 is 11.8 Å². The van der Waals surface area contributed by atoms with Crippen molar-refractivity contribution in [1.29, 1.82) is 0 Å². The molecular formula is C14H18N4O5S. The van der Waals surface area contributed by atoms with Crippen molar-refractivity contribution in [3.05, 3.63) is 39.0 Å². The molecule has 1 atom stereocenters. The number of H-pyrrole nitrogens is 1. The van der Waals surface area contributed by atoms with Gasteiger partial charge in [-0.3, -0.25) is 9.78 Å². The molecule has 1 aliphatic heterocycles. The van der Waals surface area contributed by atoms with Crippen LogP contribution in [0.4, 0.5) is 0 Å². The second-order valence-electron chi connectivity index (χ2n) is 5.78. The number of nitrogens with zero attached hydrogens (tertiary/aromatic N) is 3. The lowest BCUT2D eigenvalue weighted by molar-refractivity contribution is -0.135. The molecule has 1 N–H and O–H groups in total. The molecule has 0 amide bonds. The molecule has 3 heterocycles. The third kappa shape index (κ3) is 4.34. The molecule has 130 valence electrons. The Morgan fingerprint density at radius 3 is 2.96 bits per heavy atom. The predicted molar refractivity (Wildman–Crippen MR) is 85.0 cm³/mol. The number of aromatic amines is 1. The van der Waals surface area contributed by atoms with Crippen LogP contribution in [0.1, 0.15) is 19.7 Å². The van der Waals surface area contributed by atoms with Crippen molar-refractivity contribution in [3.63, 3.8) is 0 Å². The van der Waals surface area contributed by atoms with E-state index in [4.69, 9.17) is 13.9 Å². The Balaban J connectivity index is 1.50. The van der Waals surface area contributed by atoms with Crippen LogP contribution in [0.3, 0.4) is 0 Å². The average Bonchev–Trinajstić information content (AvgIpc) is 3.10. The summed E-state index contributed by atoms with van der Waals surface area (Å²) in [7, 11) is 0. The van der Waals surface area contributed by atoms with E-state index in [2.05, 4.69) is 15.2 Å². The fourth-order valence-electron chi connectivity index (χ4n) is 2.24. The van der Waals surface area contributed by atoms with Crippen molar-refractivity contribution >= 4 is 11.8 Å². The van der Waals surface area contributed by atoms with E-state index in [0.717, 1.165) is 0 Å². The first-order valence-electron chi connectivity index (χ1n) is 7.48. The highest BCUT2D eigenvalue weighted by molar-refractivity contribution is 7.99. The van der Waals surface area contributed by atoms with Crippen LogP contribution in [-0.4, -0.2) is 44.0 Å². The Hall–Kier alpha value is -1.91. The van der Waals surface area contributed by atoms with Gasteiger partial charge in [0.1, 0.15) is 0 Å². The molecule has 0 bridgehead atoms. The van der Waals surface area contributed by atoms with Crippen molar-refractivity contribution in [1.82, 2.24) is 19.7 Å². The van der Waals surface area contributed by atoms with Gasteiger partial charge in [0, 0.05) is 31.0 Å². The van der Waals surface area contributed by atoms with Gasteiger partial charge < -0.3 is 18.5 Å². The zero-order valence-corrected chi connectivity index (χ0v) is 14.2. The number of hydrogen-bond acceptors (Lipinski definition) is 8. The monoisotopic (exact) mass is 354 g/mol. The van der Waals surface area contributed by atoms with Gasteiger partial charge in [-0.05, 0) is 13.8 Å². The summed E-state index contributed by atoms with van der Waals surface area (Å²) in [5.74, 6) is 0.541. The van der Waals surface area contributed by atoms with Crippen LogP contribution in [-0.2, 0) is 22.4 Å². The number of thioether (sulfide) groups is 1. The number of aromatic nitrogens is 4. The Morgan fingerprint density at radius 2 is 2.25 bits per heavy atom. The van der Waals surface area contributed by atoms with Crippen LogP contribution in [0.2, 0.25) is 0 Å². The van der Waals surface area contributed by atoms with Crippen LogP contribution in [0.15, 0.2) is 31.5 Å². The molecule has 2 aromatic rings.